The molecule has 1 aliphatic carbocycles. The number of hydrogen-bond acceptors (Lipinski definition) is 5. The highest BCUT2D eigenvalue weighted by molar-refractivity contribution is 5.76. The van der Waals surface area contributed by atoms with Gasteiger partial charge in [-0.1, -0.05) is 12.8 Å². The Kier molecular flexibility index (Phi) is 6.13. The largest absolute Gasteiger partial charge is 0.332 e. The van der Waals surface area contributed by atoms with Gasteiger partial charge in [0.25, 0.3) is 5.56 Å². The number of likely N-dealkylation sites (tertiary alicyclic amines) is 1. The Morgan fingerprint density at radius 3 is 2.75 bits per heavy atom. The lowest BCUT2D eigenvalue weighted by molar-refractivity contribution is -0.135. The number of rotatable bonds is 5. The third-order valence-electron chi connectivity index (χ3n) is 7.57. The molecule has 8 nitrogen and oxygen atoms in total. The van der Waals surface area contributed by atoms with E-state index in [1.54, 1.807) is 6.20 Å². The fraction of sp³-hybridized carbons (Fsp3) is 0.667. The number of fused-ring (bicyclic) bond motifs is 1. The van der Waals surface area contributed by atoms with Crippen LogP contribution in [0.4, 0.5) is 0 Å². The molecule has 1 atom stereocenters. The normalized spacial score (nSPS) is 22.3. The number of nitrogens with one attached hydrogen (secondary N) is 1. The van der Waals surface area contributed by atoms with E-state index in [-0.39, 0.29) is 17.5 Å². The van der Waals surface area contributed by atoms with Crippen molar-refractivity contribution in [3.8, 4) is 0 Å². The van der Waals surface area contributed by atoms with Crippen LogP contribution in [-0.2, 0) is 24.3 Å². The van der Waals surface area contributed by atoms with E-state index in [4.69, 9.17) is 4.98 Å². The van der Waals surface area contributed by atoms with Crippen molar-refractivity contribution in [3.05, 3.63) is 45.4 Å². The average molecular weight is 439 g/mol. The molecule has 3 aliphatic rings. The molecule has 32 heavy (non-hydrogen) atoms. The monoisotopic (exact) mass is 438 g/mol. The highest BCUT2D eigenvalue weighted by atomic mass is 16.2. The number of aryl methyl sites for hydroxylation is 2. The molecule has 2 aromatic heterocycles. The lowest BCUT2D eigenvalue weighted by Gasteiger charge is -2.36. The highest BCUT2D eigenvalue weighted by Gasteiger charge is 2.32. The molecule has 1 saturated carbocycles. The predicted octanol–water partition coefficient (Wildman–Crippen LogP) is 2.72. The van der Waals surface area contributed by atoms with Gasteiger partial charge in [0.1, 0.15) is 5.82 Å². The molecule has 0 radical (unpaired) electrons. The second-order valence-electron chi connectivity index (χ2n) is 9.58. The molecule has 4 heterocycles. The zero-order valence-electron chi connectivity index (χ0n) is 19.1. The first-order valence-electron chi connectivity index (χ1n) is 12.2. The van der Waals surface area contributed by atoms with Crippen molar-refractivity contribution in [2.75, 3.05) is 13.1 Å². The van der Waals surface area contributed by atoms with Gasteiger partial charge in [0.05, 0.1) is 11.7 Å². The number of amides is 1. The summed E-state index contributed by atoms with van der Waals surface area (Å²) in [6, 6.07) is 2.44. The van der Waals surface area contributed by atoms with Crippen molar-refractivity contribution >= 4 is 5.91 Å². The zero-order valence-corrected chi connectivity index (χ0v) is 19.1. The maximum atomic E-state index is 13.1. The van der Waals surface area contributed by atoms with Crippen LogP contribution >= 0.6 is 0 Å². The lowest BCUT2D eigenvalue weighted by Crippen LogP contribution is -2.43. The number of aromatic amines is 1. The molecule has 8 heteroatoms. The number of nitrogens with zero attached hydrogens (tertiary/aromatic N) is 5. The standard InChI is InChI=1S/C24H34N6O2/c1-17-9-12-25-30(17)15-11-22(31)29-13-5-4-8-21(29)23-26-20-16-28(18-6-2-3-7-18)14-10-19(20)24(32)27-23/h9,12,18,21H,2-8,10-11,13-16H2,1H3,(H,26,27,32)/t21-/m0/s1. The Morgan fingerprint density at radius 2 is 1.97 bits per heavy atom. The van der Waals surface area contributed by atoms with Gasteiger partial charge in [-0.15, -0.1) is 0 Å². The minimum Gasteiger partial charge on any atom is -0.332 e. The summed E-state index contributed by atoms with van der Waals surface area (Å²) in [5.41, 5.74) is 2.81. The van der Waals surface area contributed by atoms with Crippen LogP contribution in [0.3, 0.4) is 0 Å². The van der Waals surface area contributed by atoms with Crippen LogP contribution in [0.5, 0.6) is 0 Å². The van der Waals surface area contributed by atoms with E-state index in [1.165, 1.54) is 25.7 Å². The quantitative estimate of drug-likeness (QED) is 0.776. The van der Waals surface area contributed by atoms with E-state index >= 15 is 0 Å². The van der Waals surface area contributed by atoms with Gasteiger partial charge >= 0.3 is 0 Å². The van der Waals surface area contributed by atoms with E-state index in [0.29, 0.717) is 24.8 Å². The van der Waals surface area contributed by atoms with Gasteiger partial charge in [-0.25, -0.2) is 4.98 Å². The first-order chi connectivity index (χ1) is 15.6. The molecule has 2 aromatic rings. The van der Waals surface area contributed by atoms with Crippen molar-refractivity contribution < 1.29 is 4.79 Å². The zero-order chi connectivity index (χ0) is 22.1. The maximum Gasteiger partial charge on any atom is 0.254 e. The Bertz CT molecular complexity index is 1020. The second kappa shape index (κ2) is 9.17. The van der Waals surface area contributed by atoms with Crippen molar-refractivity contribution in [1.29, 1.82) is 0 Å². The summed E-state index contributed by atoms with van der Waals surface area (Å²) in [5.74, 6) is 0.780. The van der Waals surface area contributed by atoms with Gasteiger partial charge in [-0.3, -0.25) is 19.2 Å². The number of hydrogen-bond donors (Lipinski definition) is 1. The Hall–Kier alpha value is -2.48. The van der Waals surface area contributed by atoms with Crippen LogP contribution in [0.15, 0.2) is 17.1 Å². The van der Waals surface area contributed by atoms with Gasteiger partial charge in [0, 0.05) is 56.1 Å². The molecule has 1 amide bonds. The third-order valence-corrected chi connectivity index (χ3v) is 7.57. The van der Waals surface area contributed by atoms with Crippen LogP contribution in [0.1, 0.15) is 80.2 Å². The van der Waals surface area contributed by atoms with Gasteiger partial charge in [0.2, 0.25) is 5.91 Å². The van der Waals surface area contributed by atoms with Crippen LogP contribution in [-0.4, -0.2) is 54.6 Å². The van der Waals surface area contributed by atoms with E-state index in [9.17, 15) is 9.59 Å². The molecule has 2 aliphatic heterocycles. The van der Waals surface area contributed by atoms with Gasteiger partial charge < -0.3 is 9.88 Å². The number of carbonyl (C=O) groups excluding carboxylic acids is 1. The molecular formula is C24H34N6O2. The summed E-state index contributed by atoms with van der Waals surface area (Å²) in [6.07, 6.45) is 10.9. The average Bonchev–Trinajstić information content (AvgIpc) is 3.49. The summed E-state index contributed by atoms with van der Waals surface area (Å²) in [5, 5.41) is 4.29. The van der Waals surface area contributed by atoms with E-state index in [1.807, 2.05) is 22.6 Å². The van der Waals surface area contributed by atoms with Crippen molar-refractivity contribution in [3.63, 3.8) is 0 Å². The third kappa shape index (κ3) is 4.25. The van der Waals surface area contributed by atoms with E-state index in [0.717, 1.165) is 62.3 Å². The van der Waals surface area contributed by atoms with E-state index < -0.39 is 0 Å². The summed E-state index contributed by atoms with van der Waals surface area (Å²) in [6.45, 7) is 5.00. The van der Waals surface area contributed by atoms with Crippen molar-refractivity contribution in [1.82, 2.24) is 29.5 Å². The Labute approximate surface area is 189 Å². The summed E-state index contributed by atoms with van der Waals surface area (Å²) >= 11 is 0. The number of piperidine rings is 1. The molecule has 1 N–H and O–H groups in total. The SMILES string of the molecule is Cc1ccnn1CCC(=O)N1CCCC[C@H]1c1nc2c(c(=O)[nH]1)CCN(C1CCCC1)C2. The van der Waals surface area contributed by atoms with Crippen LogP contribution in [0.25, 0.3) is 0 Å². The maximum absolute atomic E-state index is 13.1. The molecule has 0 bridgehead atoms. The number of H-pyrrole nitrogens is 1. The molecule has 2 fully saturated rings. The van der Waals surface area contributed by atoms with Crippen LogP contribution < -0.4 is 5.56 Å². The van der Waals surface area contributed by atoms with Crippen LogP contribution in [0, 0.1) is 6.92 Å². The highest BCUT2D eigenvalue weighted by Crippen LogP contribution is 2.31. The first kappa shape index (κ1) is 21.4. The predicted molar refractivity (Wildman–Crippen MR) is 121 cm³/mol. The van der Waals surface area contributed by atoms with Crippen molar-refractivity contribution in [2.45, 2.75) is 89.9 Å². The number of carbonyl (C=O) groups is 1. The van der Waals surface area contributed by atoms with Gasteiger partial charge in [-0.2, -0.15) is 5.10 Å². The fourth-order valence-electron chi connectivity index (χ4n) is 5.71. The van der Waals surface area contributed by atoms with Gasteiger partial charge in [0.15, 0.2) is 0 Å². The molecule has 0 unspecified atom stereocenters. The smallest absolute Gasteiger partial charge is 0.254 e. The minimum atomic E-state index is -0.144. The lowest BCUT2D eigenvalue weighted by atomic mass is 9.99. The van der Waals surface area contributed by atoms with E-state index in [2.05, 4.69) is 15.0 Å². The number of aromatic nitrogens is 4. The molecule has 5 rings (SSSR count). The molecule has 0 aromatic carbocycles. The molecular weight excluding hydrogens is 404 g/mol. The molecule has 172 valence electrons. The summed E-state index contributed by atoms with van der Waals surface area (Å²) in [7, 11) is 0. The summed E-state index contributed by atoms with van der Waals surface area (Å²) in [4.78, 5) is 38.5. The topological polar surface area (TPSA) is 87.1 Å². The fourth-order valence-corrected chi connectivity index (χ4v) is 5.71. The van der Waals surface area contributed by atoms with Gasteiger partial charge in [-0.05, 0) is 51.5 Å². The summed E-state index contributed by atoms with van der Waals surface area (Å²) < 4.78 is 1.87. The van der Waals surface area contributed by atoms with Crippen LogP contribution in [0.2, 0.25) is 0 Å². The minimum absolute atomic E-state index is 0.0128. The Morgan fingerprint density at radius 1 is 1.16 bits per heavy atom. The van der Waals surface area contributed by atoms with Crippen molar-refractivity contribution in [2.24, 2.45) is 0 Å². The first-order valence-corrected chi connectivity index (χ1v) is 12.2. The second-order valence-corrected chi connectivity index (χ2v) is 9.58. The Balaban J connectivity index is 1.34. The molecule has 0 spiro atoms. The molecule has 1 saturated heterocycles.